The molecule has 2 aromatic rings. The smallest absolute Gasteiger partial charge is 0.0511 e. The van der Waals surface area contributed by atoms with Crippen molar-refractivity contribution >= 4 is 17.4 Å². The Hall–Kier alpha value is -1.67. The predicted molar refractivity (Wildman–Crippen MR) is 90.5 cm³/mol. The molecule has 0 bridgehead atoms. The minimum absolute atomic E-state index is 0.349. The van der Waals surface area contributed by atoms with Crippen LogP contribution in [0.25, 0.3) is 0 Å². The maximum absolute atomic E-state index is 3.79. The van der Waals surface area contributed by atoms with Gasteiger partial charge in [0, 0.05) is 16.3 Å². The Balaban J connectivity index is 2.17. The molecule has 0 aliphatic heterocycles. The second-order valence-corrected chi connectivity index (χ2v) is 5.67. The summed E-state index contributed by atoms with van der Waals surface area (Å²) < 4.78 is 0. The Morgan fingerprint density at radius 3 is 2.50 bits per heavy atom. The lowest BCUT2D eigenvalue weighted by Crippen LogP contribution is -2.10. The van der Waals surface area contributed by atoms with Crippen molar-refractivity contribution in [2.75, 3.05) is 11.1 Å². The summed E-state index contributed by atoms with van der Waals surface area (Å²) in [7, 11) is 0. The van der Waals surface area contributed by atoms with Gasteiger partial charge in [0.05, 0.1) is 6.04 Å². The molecule has 0 aliphatic carbocycles. The number of hydrogen-bond acceptors (Lipinski definition) is 2. The van der Waals surface area contributed by atoms with Gasteiger partial charge in [0.25, 0.3) is 0 Å². The fourth-order valence-corrected chi connectivity index (χ4v) is 2.91. The minimum Gasteiger partial charge on any atom is -0.377 e. The molecular weight excluding hydrogens is 262 g/mol. The number of rotatable bonds is 7. The molecular formula is C18H21NS. The molecule has 0 fully saturated rings. The zero-order valence-electron chi connectivity index (χ0n) is 11.9. The Labute approximate surface area is 126 Å². The largest absolute Gasteiger partial charge is 0.377 e. The minimum atomic E-state index is 0.349. The first-order valence-electron chi connectivity index (χ1n) is 6.99. The normalized spacial score (nSPS) is 11.8. The van der Waals surface area contributed by atoms with Crippen molar-refractivity contribution in [2.45, 2.75) is 24.3 Å². The topological polar surface area (TPSA) is 12.0 Å². The first kappa shape index (κ1) is 14.7. The highest BCUT2D eigenvalue weighted by molar-refractivity contribution is 7.99. The van der Waals surface area contributed by atoms with Gasteiger partial charge in [0.1, 0.15) is 0 Å². The zero-order chi connectivity index (χ0) is 14.2. The molecule has 0 aliphatic rings. The summed E-state index contributed by atoms with van der Waals surface area (Å²) in [6.45, 7) is 6.00. The highest BCUT2D eigenvalue weighted by Gasteiger charge is 2.10. The van der Waals surface area contributed by atoms with Crippen LogP contribution in [0.2, 0.25) is 0 Å². The van der Waals surface area contributed by atoms with Gasteiger partial charge in [-0.05, 0) is 24.1 Å². The molecule has 0 aromatic heterocycles. The number of thioether (sulfide) groups is 1. The third kappa shape index (κ3) is 3.91. The van der Waals surface area contributed by atoms with E-state index in [2.05, 4.69) is 73.4 Å². The standard InChI is InChI=1S/C18H21NS/c1-3-14-20-18-13-9-8-12-17(18)19-16(4-2)15-10-6-5-7-11-15/h3,5-13,16,19H,1,4,14H2,2H3. The molecule has 104 valence electrons. The van der Waals surface area contributed by atoms with Crippen LogP contribution in [0.15, 0.2) is 72.1 Å². The molecule has 1 N–H and O–H groups in total. The molecule has 2 heteroatoms. The van der Waals surface area contributed by atoms with E-state index in [0.29, 0.717) is 6.04 Å². The predicted octanol–water partition coefficient (Wildman–Crippen LogP) is 5.53. The lowest BCUT2D eigenvalue weighted by molar-refractivity contribution is 0.747. The summed E-state index contributed by atoms with van der Waals surface area (Å²) in [4.78, 5) is 1.28. The van der Waals surface area contributed by atoms with Crippen molar-refractivity contribution < 1.29 is 0 Å². The lowest BCUT2D eigenvalue weighted by Gasteiger charge is -2.20. The van der Waals surface area contributed by atoms with Gasteiger partial charge in [0.15, 0.2) is 0 Å². The Kier molecular flexibility index (Phi) is 5.75. The number of benzene rings is 2. The number of anilines is 1. The maximum Gasteiger partial charge on any atom is 0.0511 e. The summed E-state index contributed by atoms with van der Waals surface area (Å²) in [6, 6.07) is 19.4. The fourth-order valence-electron chi connectivity index (χ4n) is 2.15. The van der Waals surface area contributed by atoms with E-state index in [1.165, 1.54) is 16.1 Å². The molecule has 1 atom stereocenters. The van der Waals surface area contributed by atoms with Crippen LogP contribution in [0.3, 0.4) is 0 Å². The Bertz CT molecular complexity index is 536. The molecule has 1 nitrogen and oxygen atoms in total. The molecule has 0 heterocycles. The molecule has 0 radical (unpaired) electrons. The molecule has 2 rings (SSSR count). The summed E-state index contributed by atoms with van der Waals surface area (Å²) in [5.41, 5.74) is 2.54. The Morgan fingerprint density at radius 2 is 1.80 bits per heavy atom. The van der Waals surface area contributed by atoms with Gasteiger partial charge < -0.3 is 5.32 Å². The monoisotopic (exact) mass is 283 g/mol. The van der Waals surface area contributed by atoms with E-state index in [-0.39, 0.29) is 0 Å². The fraction of sp³-hybridized carbons (Fsp3) is 0.222. The highest BCUT2D eigenvalue weighted by atomic mass is 32.2. The SMILES string of the molecule is C=CCSc1ccccc1NC(CC)c1ccccc1. The second kappa shape index (κ2) is 7.81. The summed E-state index contributed by atoms with van der Waals surface area (Å²) >= 11 is 1.81. The zero-order valence-corrected chi connectivity index (χ0v) is 12.7. The molecule has 1 unspecified atom stereocenters. The van der Waals surface area contributed by atoms with E-state index >= 15 is 0 Å². The molecule has 0 saturated heterocycles. The molecule has 0 spiro atoms. The van der Waals surface area contributed by atoms with Gasteiger partial charge in [-0.15, -0.1) is 18.3 Å². The number of hydrogen-bond donors (Lipinski definition) is 1. The third-order valence-electron chi connectivity index (χ3n) is 3.18. The van der Waals surface area contributed by atoms with E-state index in [1.54, 1.807) is 0 Å². The van der Waals surface area contributed by atoms with E-state index in [9.17, 15) is 0 Å². The average Bonchev–Trinajstić information content (AvgIpc) is 2.52. The van der Waals surface area contributed by atoms with Crippen LogP contribution in [-0.2, 0) is 0 Å². The van der Waals surface area contributed by atoms with Crippen LogP contribution in [0.1, 0.15) is 24.9 Å². The van der Waals surface area contributed by atoms with Crippen LogP contribution < -0.4 is 5.32 Å². The van der Waals surface area contributed by atoms with Crippen molar-refractivity contribution in [3.05, 3.63) is 72.8 Å². The quantitative estimate of drug-likeness (QED) is 0.530. The van der Waals surface area contributed by atoms with Gasteiger partial charge in [0.2, 0.25) is 0 Å². The maximum atomic E-state index is 3.79. The molecule has 0 amide bonds. The van der Waals surface area contributed by atoms with Crippen molar-refractivity contribution in [3.8, 4) is 0 Å². The van der Waals surface area contributed by atoms with Crippen molar-refractivity contribution in [3.63, 3.8) is 0 Å². The van der Waals surface area contributed by atoms with E-state index < -0.39 is 0 Å². The summed E-state index contributed by atoms with van der Waals surface area (Å²) in [5.74, 6) is 0.931. The van der Waals surface area contributed by atoms with Gasteiger partial charge >= 0.3 is 0 Å². The van der Waals surface area contributed by atoms with Crippen molar-refractivity contribution in [1.29, 1.82) is 0 Å². The van der Waals surface area contributed by atoms with E-state index in [1.807, 2.05) is 17.8 Å². The van der Waals surface area contributed by atoms with E-state index in [0.717, 1.165) is 12.2 Å². The van der Waals surface area contributed by atoms with Crippen LogP contribution in [0, 0.1) is 0 Å². The van der Waals surface area contributed by atoms with Crippen molar-refractivity contribution in [1.82, 2.24) is 0 Å². The summed E-state index contributed by atoms with van der Waals surface area (Å²) in [6.07, 6.45) is 3.00. The van der Waals surface area contributed by atoms with Gasteiger partial charge in [-0.2, -0.15) is 0 Å². The van der Waals surface area contributed by atoms with Gasteiger partial charge in [-0.1, -0.05) is 55.5 Å². The molecule has 0 saturated carbocycles. The first-order chi connectivity index (χ1) is 9.85. The van der Waals surface area contributed by atoms with Crippen LogP contribution in [-0.4, -0.2) is 5.75 Å². The van der Waals surface area contributed by atoms with Crippen molar-refractivity contribution in [2.24, 2.45) is 0 Å². The third-order valence-corrected chi connectivity index (χ3v) is 4.25. The molecule has 2 aromatic carbocycles. The lowest BCUT2D eigenvalue weighted by atomic mass is 10.0. The molecule has 20 heavy (non-hydrogen) atoms. The van der Waals surface area contributed by atoms with Crippen LogP contribution in [0.4, 0.5) is 5.69 Å². The van der Waals surface area contributed by atoms with E-state index in [4.69, 9.17) is 0 Å². The Morgan fingerprint density at radius 1 is 1.10 bits per heavy atom. The van der Waals surface area contributed by atoms with Gasteiger partial charge in [-0.3, -0.25) is 0 Å². The first-order valence-corrected chi connectivity index (χ1v) is 7.98. The number of nitrogens with one attached hydrogen (secondary N) is 1. The second-order valence-electron chi connectivity index (χ2n) is 4.61. The highest BCUT2D eigenvalue weighted by Crippen LogP contribution is 2.31. The average molecular weight is 283 g/mol. The van der Waals surface area contributed by atoms with Crippen LogP contribution >= 0.6 is 11.8 Å². The number of para-hydroxylation sites is 1. The summed E-state index contributed by atoms with van der Waals surface area (Å²) in [5, 5.41) is 3.67. The van der Waals surface area contributed by atoms with Crippen LogP contribution in [0.5, 0.6) is 0 Å². The van der Waals surface area contributed by atoms with Gasteiger partial charge in [-0.25, -0.2) is 0 Å².